The molecule has 4 aliphatic carbocycles. The fraction of sp³-hybridized carbons (Fsp3) is 0.929. The Morgan fingerprint density at radius 2 is 1.73 bits per heavy atom. The molecule has 0 aliphatic heterocycles. The van der Waals surface area contributed by atoms with E-state index in [-0.39, 0.29) is 17.3 Å². The second-order valence-electron chi connectivity index (χ2n) is 13.6. The number of methoxy groups -OCH3 is 1. The molecule has 9 atom stereocenters. The molecule has 0 saturated heterocycles. The van der Waals surface area contributed by atoms with Crippen molar-refractivity contribution in [2.24, 2.45) is 46.3 Å². The van der Waals surface area contributed by atoms with E-state index in [4.69, 9.17) is 9.16 Å². The van der Waals surface area contributed by atoms with Gasteiger partial charge in [0.15, 0.2) is 8.32 Å². The van der Waals surface area contributed by atoms with Crippen molar-refractivity contribution in [2.75, 3.05) is 7.11 Å². The predicted molar refractivity (Wildman–Crippen MR) is 134 cm³/mol. The largest absolute Gasteiger partial charge is 0.469 e. The predicted octanol–water partition coefficient (Wildman–Crippen LogP) is 6.63. The van der Waals surface area contributed by atoms with Gasteiger partial charge in [-0.3, -0.25) is 9.59 Å². The molecule has 4 nitrogen and oxygen atoms in total. The summed E-state index contributed by atoms with van der Waals surface area (Å²) in [5, 5.41) is 0. The van der Waals surface area contributed by atoms with Gasteiger partial charge in [-0.05, 0) is 111 Å². The van der Waals surface area contributed by atoms with Gasteiger partial charge in [0.25, 0.3) is 0 Å². The highest BCUT2D eigenvalue weighted by atomic mass is 28.4. The molecule has 4 aliphatic rings. The van der Waals surface area contributed by atoms with Gasteiger partial charge in [-0.15, -0.1) is 0 Å². The van der Waals surface area contributed by atoms with Crippen molar-refractivity contribution < 1.29 is 18.8 Å². The second-order valence-corrected chi connectivity index (χ2v) is 18.0. The van der Waals surface area contributed by atoms with Gasteiger partial charge in [-0.1, -0.05) is 20.8 Å². The monoisotopic (exact) mass is 476 g/mol. The molecule has 0 aromatic rings. The summed E-state index contributed by atoms with van der Waals surface area (Å²) < 4.78 is 11.4. The molecule has 33 heavy (non-hydrogen) atoms. The molecular weight excluding hydrogens is 428 g/mol. The molecule has 4 fully saturated rings. The average molecular weight is 477 g/mol. The number of fused-ring (bicyclic) bond motifs is 5. The highest BCUT2D eigenvalue weighted by molar-refractivity contribution is 6.69. The quantitative estimate of drug-likeness (QED) is 0.319. The van der Waals surface area contributed by atoms with Crippen molar-refractivity contribution in [3.05, 3.63) is 0 Å². The van der Waals surface area contributed by atoms with E-state index in [0.717, 1.165) is 19.3 Å². The molecule has 0 N–H and O–H groups in total. The molecule has 4 rings (SSSR count). The summed E-state index contributed by atoms with van der Waals surface area (Å²) in [6.07, 6.45) is 10.9. The Kier molecular flexibility index (Phi) is 6.99. The van der Waals surface area contributed by atoms with Gasteiger partial charge >= 0.3 is 5.97 Å². The molecule has 5 heteroatoms. The Morgan fingerprint density at radius 3 is 2.39 bits per heavy atom. The second kappa shape index (κ2) is 9.08. The van der Waals surface area contributed by atoms with Crippen LogP contribution in [-0.4, -0.2) is 33.3 Å². The first-order valence-corrected chi connectivity index (χ1v) is 17.1. The third-order valence-corrected chi connectivity index (χ3v) is 11.8. The number of carbonyl (C=O) groups excluding carboxylic acids is 2. The van der Waals surface area contributed by atoms with Crippen LogP contribution >= 0.6 is 0 Å². The highest BCUT2D eigenvalue weighted by Crippen LogP contribution is 2.67. The Morgan fingerprint density at radius 1 is 1.06 bits per heavy atom. The van der Waals surface area contributed by atoms with E-state index in [2.05, 4.69) is 40.4 Å². The normalized spacial score (nSPS) is 43.9. The fourth-order valence-corrected chi connectivity index (χ4v) is 10.3. The lowest BCUT2D eigenvalue weighted by atomic mass is 9.44. The van der Waals surface area contributed by atoms with Crippen molar-refractivity contribution in [3.63, 3.8) is 0 Å². The first-order chi connectivity index (χ1) is 15.4. The maximum Gasteiger partial charge on any atom is 0.305 e. The molecule has 0 bridgehead atoms. The van der Waals surface area contributed by atoms with Crippen molar-refractivity contribution in [3.8, 4) is 0 Å². The van der Waals surface area contributed by atoms with E-state index in [0.29, 0.717) is 53.3 Å². The van der Waals surface area contributed by atoms with Gasteiger partial charge in [0.1, 0.15) is 5.78 Å². The van der Waals surface area contributed by atoms with E-state index >= 15 is 0 Å². The number of rotatable bonds is 6. The van der Waals surface area contributed by atoms with Crippen LogP contribution < -0.4 is 0 Å². The molecule has 0 aromatic heterocycles. The van der Waals surface area contributed by atoms with E-state index in [9.17, 15) is 9.59 Å². The van der Waals surface area contributed by atoms with Crippen LogP contribution in [-0.2, 0) is 18.8 Å². The van der Waals surface area contributed by atoms with Crippen LogP contribution in [0.3, 0.4) is 0 Å². The summed E-state index contributed by atoms with van der Waals surface area (Å²) in [6, 6.07) is 0. The first kappa shape index (κ1) is 25.4. The molecule has 188 valence electrons. The summed E-state index contributed by atoms with van der Waals surface area (Å²) in [4.78, 5) is 25.5. The summed E-state index contributed by atoms with van der Waals surface area (Å²) in [5.41, 5.74) is 0.543. The number of esters is 1. The topological polar surface area (TPSA) is 52.6 Å². The lowest BCUT2D eigenvalue weighted by molar-refractivity contribution is -0.160. The van der Waals surface area contributed by atoms with E-state index < -0.39 is 8.32 Å². The van der Waals surface area contributed by atoms with Gasteiger partial charge in [0.05, 0.1) is 7.11 Å². The van der Waals surface area contributed by atoms with Crippen molar-refractivity contribution in [2.45, 2.75) is 111 Å². The van der Waals surface area contributed by atoms with Crippen LogP contribution in [0.4, 0.5) is 0 Å². The number of hydrogen-bond acceptors (Lipinski definition) is 4. The zero-order chi connectivity index (χ0) is 24.2. The van der Waals surface area contributed by atoms with Crippen LogP contribution in [0.1, 0.15) is 85.0 Å². The van der Waals surface area contributed by atoms with Crippen LogP contribution in [0.5, 0.6) is 0 Å². The van der Waals surface area contributed by atoms with Crippen LogP contribution in [0, 0.1) is 46.3 Å². The summed E-state index contributed by atoms with van der Waals surface area (Å²) in [6.45, 7) is 14.2. The maximum absolute atomic E-state index is 13.7. The van der Waals surface area contributed by atoms with Gasteiger partial charge in [-0.25, -0.2) is 0 Å². The smallest absolute Gasteiger partial charge is 0.305 e. The molecule has 0 unspecified atom stereocenters. The summed E-state index contributed by atoms with van der Waals surface area (Å²) in [7, 11) is -0.0731. The Hall–Kier alpha value is -0.683. The number of carbonyl (C=O) groups is 2. The van der Waals surface area contributed by atoms with Gasteiger partial charge < -0.3 is 9.16 Å². The van der Waals surface area contributed by atoms with Crippen molar-refractivity contribution >= 4 is 20.1 Å². The number of ketones is 1. The zero-order valence-corrected chi connectivity index (χ0v) is 23.2. The number of ether oxygens (including phenoxy) is 1. The Balaban J connectivity index is 1.49. The van der Waals surface area contributed by atoms with E-state index in [1.165, 1.54) is 45.6 Å². The summed E-state index contributed by atoms with van der Waals surface area (Å²) >= 11 is 0. The van der Waals surface area contributed by atoms with E-state index in [1.807, 2.05) is 0 Å². The minimum atomic E-state index is -1.55. The average Bonchev–Trinajstić information content (AvgIpc) is 3.09. The Labute approximate surface area is 203 Å². The molecule has 0 spiro atoms. The van der Waals surface area contributed by atoms with Crippen molar-refractivity contribution in [1.29, 1.82) is 0 Å². The zero-order valence-electron chi connectivity index (χ0n) is 22.2. The number of hydrogen-bond donors (Lipinski definition) is 0. The third kappa shape index (κ3) is 4.62. The molecule has 4 saturated carbocycles. The highest BCUT2D eigenvalue weighted by Gasteiger charge is 2.63. The van der Waals surface area contributed by atoms with Crippen LogP contribution in [0.2, 0.25) is 19.6 Å². The minimum Gasteiger partial charge on any atom is -0.469 e. The van der Waals surface area contributed by atoms with E-state index in [1.54, 1.807) is 0 Å². The number of Topliss-reactive ketones (excluding diaryl/α,β-unsaturated/α-hetero) is 1. The molecule has 0 heterocycles. The van der Waals surface area contributed by atoms with Crippen LogP contribution in [0.15, 0.2) is 0 Å². The minimum absolute atomic E-state index is 0.0969. The maximum atomic E-state index is 13.7. The lowest BCUT2D eigenvalue weighted by Gasteiger charge is -2.60. The molecule has 0 amide bonds. The Bertz CT molecular complexity index is 759. The van der Waals surface area contributed by atoms with Crippen LogP contribution in [0.25, 0.3) is 0 Å². The first-order valence-electron chi connectivity index (χ1n) is 13.7. The fourth-order valence-electron chi connectivity index (χ4n) is 9.12. The lowest BCUT2D eigenvalue weighted by Crippen LogP contribution is -2.57. The summed E-state index contributed by atoms with van der Waals surface area (Å²) in [5.74, 6) is 3.44. The van der Waals surface area contributed by atoms with Crippen molar-refractivity contribution in [1.82, 2.24) is 0 Å². The molecular formula is C28H48O4Si. The molecule has 0 radical (unpaired) electrons. The SMILES string of the molecule is COC(=O)CC[C@H](C)[C@@H]1CC[C@@H]2[C@H]3C(=O)C[C@H]4C[C@@H](O[Si](C)(C)C)CC[C@@]4(C)[C@@H]3CC[C@]21C. The molecule has 0 aromatic carbocycles. The third-order valence-electron chi connectivity index (χ3n) is 10.7. The standard InChI is InChI=1S/C28H48O4Si/c1-18(8-11-25(30)31-4)21-9-10-22-26-23(13-15-28(21,22)3)27(2)14-12-20(32-33(5,6)7)16-19(27)17-24(26)29/h18-23,26H,8-17H2,1-7H3/t18-,19+,20-,21-,22+,23+,26+,27+,28-/m0/s1. The van der Waals surface area contributed by atoms with Gasteiger partial charge in [0, 0.05) is 24.9 Å². The van der Waals surface area contributed by atoms with Gasteiger partial charge in [0.2, 0.25) is 0 Å². The van der Waals surface area contributed by atoms with Gasteiger partial charge in [-0.2, -0.15) is 0 Å².